The lowest BCUT2D eigenvalue weighted by Gasteiger charge is -2.09. The van der Waals surface area contributed by atoms with E-state index < -0.39 is 5.97 Å². The van der Waals surface area contributed by atoms with Crippen molar-refractivity contribution in [3.8, 4) is 5.88 Å². The van der Waals surface area contributed by atoms with Crippen LogP contribution in [0.5, 0.6) is 5.88 Å². The highest BCUT2D eigenvalue weighted by Gasteiger charge is 2.14. The van der Waals surface area contributed by atoms with Crippen molar-refractivity contribution in [1.29, 1.82) is 0 Å². The number of carbonyl (C=O) groups is 1. The molecular weight excluding hydrogens is 264 g/mol. The normalized spacial score (nSPS) is 10.4. The molecule has 110 valence electrons. The Labute approximate surface area is 125 Å². The first kappa shape index (κ1) is 15.2. The van der Waals surface area contributed by atoms with E-state index in [0.717, 1.165) is 37.1 Å². The predicted molar refractivity (Wildman–Crippen MR) is 81.4 cm³/mol. The lowest BCUT2D eigenvalue weighted by molar-refractivity contribution is 0.0724. The highest BCUT2D eigenvalue weighted by molar-refractivity contribution is 5.90. The molecule has 2 rings (SSSR count). The molecule has 0 aliphatic heterocycles. The van der Waals surface area contributed by atoms with Crippen molar-refractivity contribution in [2.45, 2.75) is 39.5 Å². The number of ether oxygens (including phenoxy) is 1. The van der Waals surface area contributed by atoms with Gasteiger partial charge in [-0.3, -0.25) is 4.98 Å². The van der Waals surface area contributed by atoms with Crippen LogP contribution in [0.2, 0.25) is 0 Å². The van der Waals surface area contributed by atoms with Gasteiger partial charge >= 0.3 is 5.97 Å². The zero-order chi connectivity index (χ0) is 15.1. The van der Waals surface area contributed by atoms with Crippen molar-refractivity contribution in [1.82, 2.24) is 9.97 Å². The summed E-state index contributed by atoms with van der Waals surface area (Å²) >= 11 is 0. The molecule has 0 amide bonds. The van der Waals surface area contributed by atoms with E-state index in [4.69, 9.17) is 4.74 Å². The van der Waals surface area contributed by atoms with Crippen LogP contribution in [-0.2, 0) is 12.8 Å². The Bertz CT molecular complexity index is 597. The summed E-state index contributed by atoms with van der Waals surface area (Å²) in [7, 11) is 0. The summed E-state index contributed by atoms with van der Waals surface area (Å²) in [6.45, 7) is 4.14. The second-order valence-electron chi connectivity index (χ2n) is 4.87. The highest BCUT2D eigenvalue weighted by Crippen LogP contribution is 2.17. The van der Waals surface area contributed by atoms with E-state index in [-0.39, 0.29) is 0 Å². The van der Waals surface area contributed by atoms with Gasteiger partial charge in [0.25, 0.3) is 0 Å². The van der Waals surface area contributed by atoms with E-state index in [9.17, 15) is 4.79 Å². The molecule has 4 heteroatoms. The number of hydrogen-bond donors (Lipinski definition) is 0. The van der Waals surface area contributed by atoms with Crippen LogP contribution in [0.4, 0.5) is 0 Å². The van der Waals surface area contributed by atoms with E-state index in [1.54, 1.807) is 18.3 Å². The lowest BCUT2D eigenvalue weighted by Crippen LogP contribution is -2.12. The second kappa shape index (κ2) is 7.53. The van der Waals surface area contributed by atoms with Crippen LogP contribution in [0, 0.1) is 0 Å². The molecule has 0 unspecified atom stereocenters. The van der Waals surface area contributed by atoms with Gasteiger partial charge in [0, 0.05) is 6.20 Å². The molecule has 4 nitrogen and oxygen atoms in total. The number of hydrogen-bond acceptors (Lipinski definition) is 4. The first-order chi connectivity index (χ1) is 10.2. The zero-order valence-electron chi connectivity index (χ0n) is 12.5. The van der Waals surface area contributed by atoms with E-state index in [0.29, 0.717) is 11.4 Å². The van der Waals surface area contributed by atoms with Crippen LogP contribution in [0.15, 0.2) is 36.5 Å². The molecule has 1 aromatic carbocycles. The van der Waals surface area contributed by atoms with Crippen LogP contribution < -0.4 is 4.74 Å². The third kappa shape index (κ3) is 4.12. The largest absolute Gasteiger partial charge is 0.402 e. The standard InChI is InChI=1S/C17H20N2O2/c1-3-8-14-12-18-15(9-4-2)16(19-14)21-17(20)13-10-6-5-7-11-13/h5-7,10-12H,3-4,8-9H2,1-2H3. The fourth-order valence-electron chi connectivity index (χ4n) is 2.02. The summed E-state index contributed by atoms with van der Waals surface area (Å²) in [5.74, 6) is -0.0486. The fourth-order valence-corrected chi connectivity index (χ4v) is 2.02. The smallest absolute Gasteiger partial charge is 0.344 e. The molecule has 0 aliphatic rings. The van der Waals surface area contributed by atoms with Crippen LogP contribution in [0.3, 0.4) is 0 Å². The van der Waals surface area contributed by atoms with E-state index in [1.165, 1.54) is 0 Å². The highest BCUT2D eigenvalue weighted by atomic mass is 16.5. The number of aryl methyl sites for hydroxylation is 2. The second-order valence-corrected chi connectivity index (χ2v) is 4.87. The quantitative estimate of drug-likeness (QED) is 0.760. The molecule has 0 fully saturated rings. The summed E-state index contributed by atoms with van der Waals surface area (Å²) in [6.07, 6.45) is 5.26. The molecule has 0 bridgehead atoms. The first-order valence-electron chi connectivity index (χ1n) is 7.36. The molecule has 0 radical (unpaired) electrons. The van der Waals surface area contributed by atoms with Gasteiger partial charge in [-0.05, 0) is 25.0 Å². The average molecular weight is 284 g/mol. The van der Waals surface area contributed by atoms with Gasteiger partial charge in [-0.25, -0.2) is 9.78 Å². The Morgan fingerprint density at radius 2 is 1.81 bits per heavy atom. The van der Waals surface area contributed by atoms with Gasteiger partial charge in [-0.15, -0.1) is 0 Å². The van der Waals surface area contributed by atoms with Gasteiger partial charge < -0.3 is 4.74 Å². The molecule has 0 N–H and O–H groups in total. The van der Waals surface area contributed by atoms with Crippen molar-refractivity contribution in [3.05, 3.63) is 53.5 Å². The van der Waals surface area contributed by atoms with Crippen LogP contribution in [0.1, 0.15) is 48.4 Å². The van der Waals surface area contributed by atoms with Gasteiger partial charge in [0.15, 0.2) is 0 Å². The van der Waals surface area contributed by atoms with Crippen molar-refractivity contribution in [3.63, 3.8) is 0 Å². The molecular formula is C17H20N2O2. The SMILES string of the molecule is CCCc1cnc(CCC)c(OC(=O)c2ccccc2)n1. The Balaban J connectivity index is 2.23. The number of aromatic nitrogens is 2. The number of nitrogens with zero attached hydrogens (tertiary/aromatic N) is 2. The van der Waals surface area contributed by atoms with Gasteiger partial charge in [0.1, 0.15) is 5.69 Å². The van der Waals surface area contributed by atoms with Crippen LogP contribution in [0.25, 0.3) is 0 Å². The maximum atomic E-state index is 12.1. The number of benzene rings is 1. The maximum Gasteiger partial charge on any atom is 0.344 e. The molecule has 1 heterocycles. The average Bonchev–Trinajstić information content (AvgIpc) is 2.51. The minimum absolute atomic E-state index is 0.344. The summed E-state index contributed by atoms with van der Waals surface area (Å²) in [5.41, 5.74) is 2.11. The number of carbonyl (C=O) groups excluding carboxylic acids is 1. The topological polar surface area (TPSA) is 52.1 Å². The summed E-state index contributed by atoms with van der Waals surface area (Å²) < 4.78 is 5.46. The monoisotopic (exact) mass is 284 g/mol. The van der Waals surface area contributed by atoms with Gasteiger partial charge in [0.05, 0.1) is 11.3 Å². The van der Waals surface area contributed by atoms with Gasteiger partial charge in [-0.2, -0.15) is 0 Å². The molecule has 21 heavy (non-hydrogen) atoms. The van der Waals surface area contributed by atoms with E-state index in [2.05, 4.69) is 23.8 Å². The summed E-state index contributed by atoms with van der Waals surface area (Å²) in [4.78, 5) is 21.0. The third-order valence-electron chi connectivity index (χ3n) is 3.05. The molecule has 0 atom stereocenters. The number of esters is 1. The molecule has 1 aromatic heterocycles. The summed E-state index contributed by atoms with van der Waals surface area (Å²) in [6, 6.07) is 8.93. The Morgan fingerprint density at radius 1 is 1.10 bits per heavy atom. The Hall–Kier alpha value is -2.23. The fraction of sp³-hybridized carbons (Fsp3) is 0.353. The Morgan fingerprint density at radius 3 is 2.48 bits per heavy atom. The Kier molecular flexibility index (Phi) is 5.43. The van der Waals surface area contributed by atoms with Crippen molar-refractivity contribution < 1.29 is 9.53 Å². The molecule has 0 spiro atoms. The van der Waals surface area contributed by atoms with Crippen molar-refractivity contribution in [2.24, 2.45) is 0 Å². The van der Waals surface area contributed by atoms with E-state index >= 15 is 0 Å². The molecule has 2 aromatic rings. The van der Waals surface area contributed by atoms with E-state index in [1.807, 2.05) is 18.2 Å². The lowest BCUT2D eigenvalue weighted by atomic mass is 10.2. The summed E-state index contributed by atoms with van der Waals surface area (Å²) in [5, 5.41) is 0. The van der Waals surface area contributed by atoms with Crippen molar-refractivity contribution in [2.75, 3.05) is 0 Å². The number of rotatable bonds is 6. The van der Waals surface area contributed by atoms with Gasteiger partial charge in [0.2, 0.25) is 5.88 Å². The third-order valence-corrected chi connectivity index (χ3v) is 3.05. The minimum Gasteiger partial charge on any atom is -0.402 e. The maximum absolute atomic E-state index is 12.1. The molecule has 0 saturated carbocycles. The van der Waals surface area contributed by atoms with Crippen molar-refractivity contribution >= 4 is 5.97 Å². The van der Waals surface area contributed by atoms with Crippen LogP contribution in [-0.4, -0.2) is 15.9 Å². The first-order valence-corrected chi connectivity index (χ1v) is 7.36. The predicted octanol–water partition coefficient (Wildman–Crippen LogP) is 3.60. The molecule has 0 saturated heterocycles. The minimum atomic E-state index is -0.393. The van der Waals surface area contributed by atoms with Crippen LogP contribution >= 0.6 is 0 Å². The molecule has 0 aliphatic carbocycles. The van der Waals surface area contributed by atoms with Gasteiger partial charge in [-0.1, -0.05) is 44.9 Å². The zero-order valence-corrected chi connectivity index (χ0v) is 12.5.